The number of primary amides is 1. The third-order valence-electron chi connectivity index (χ3n) is 8.61. The summed E-state index contributed by atoms with van der Waals surface area (Å²) in [6.07, 6.45) is 0.162. The molecule has 1 aliphatic heterocycles. The highest BCUT2D eigenvalue weighted by Crippen LogP contribution is 2.20. The van der Waals surface area contributed by atoms with Gasteiger partial charge in [-0.1, -0.05) is 58.0 Å². The van der Waals surface area contributed by atoms with Crippen LogP contribution in [0.15, 0.2) is 30.3 Å². The lowest BCUT2D eigenvalue weighted by Gasteiger charge is -2.31. The van der Waals surface area contributed by atoms with Crippen molar-refractivity contribution in [1.82, 2.24) is 36.8 Å². The van der Waals surface area contributed by atoms with Crippen molar-refractivity contribution in [3.05, 3.63) is 35.9 Å². The molecule has 1 fully saturated rings. The lowest BCUT2D eigenvalue weighted by molar-refractivity contribution is -0.143. The number of hydrogen-bond acceptors (Lipinski definition) is 10. The Morgan fingerprint density at radius 3 is 1.93 bits per heavy atom. The molecule has 19 nitrogen and oxygen atoms in total. The molecule has 1 aromatic rings. The molecule has 0 saturated carbocycles. The summed E-state index contributed by atoms with van der Waals surface area (Å²) >= 11 is 0. The number of benzene rings is 1. The SMILES string of the molecule is CC(C)[C@H](NC(=O)CNC(=O)CN)C(=O)N[C@@H](Cc1ccccc1)C(=O)N[C@H](C(=O)N[C@@H](CCC(N)=O)C(=O)N1CCC[C@H]1C(=O)NCC(=O)O)C(C)C. The van der Waals surface area contributed by atoms with E-state index in [9.17, 15) is 43.2 Å². The number of aliphatic carboxylic acids is 1. The van der Waals surface area contributed by atoms with Gasteiger partial charge < -0.3 is 53.4 Å². The average Bonchev–Trinajstić information content (AvgIpc) is 3.62. The minimum atomic E-state index is -1.33. The highest BCUT2D eigenvalue weighted by Gasteiger charge is 2.39. The Morgan fingerprint density at radius 2 is 1.37 bits per heavy atom. The Labute approximate surface area is 313 Å². The molecule has 0 aromatic heterocycles. The molecule has 0 spiro atoms. The largest absolute Gasteiger partial charge is 0.480 e. The molecule has 1 heterocycles. The third-order valence-corrected chi connectivity index (χ3v) is 8.61. The summed E-state index contributed by atoms with van der Waals surface area (Å²) in [5, 5.41) is 24.0. The number of rotatable bonds is 21. The maximum absolute atomic E-state index is 13.9. The van der Waals surface area contributed by atoms with Crippen LogP contribution in [0.25, 0.3) is 0 Å². The van der Waals surface area contributed by atoms with E-state index in [2.05, 4.69) is 31.9 Å². The van der Waals surface area contributed by atoms with Gasteiger partial charge in [0.2, 0.25) is 47.3 Å². The molecule has 1 saturated heterocycles. The number of carbonyl (C=O) groups is 9. The van der Waals surface area contributed by atoms with E-state index in [1.54, 1.807) is 58.0 Å². The number of amides is 8. The fraction of sp³-hybridized carbons (Fsp3) is 0.571. The van der Waals surface area contributed by atoms with Crippen LogP contribution < -0.4 is 43.4 Å². The molecular weight excluding hydrogens is 706 g/mol. The molecular formula is C35H53N9O10. The molecule has 1 aliphatic rings. The topological polar surface area (TPSA) is 301 Å². The first-order valence-electron chi connectivity index (χ1n) is 17.7. The minimum Gasteiger partial charge on any atom is -0.480 e. The maximum atomic E-state index is 13.9. The van der Waals surface area contributed by atoms with Gasteiger partial charge in [0.15, 0.2) is 0 Å². The van der Waals surface area contributed by atoms with Gasteiger partial charge in [0.25, 0.3) is 0 Å². The monoisotopic (exact) mass is 759 g/mol. The van der Waals surface area contributed by atoms with Gasteiger partial charge in [-0.15, -0.1) is 0 Å². The predicted octanol–water partition coefficient (Wildman–Crippen LogP) is -2.99. The Bertz CT molecular complexity index is 1520. The molecule has 19 heteroatoms. The number of nitrogens with zero attached hydrogens (tertiary/aromatic N) is 1. The molecule has 11 N–H and O–H groups in total. The highest BCUT2D eigenvalue weighted by atomic mass is 16.4. The Kier molecular flexibility index (Phi) is 18.0. The van der Waals surface area contributed by atoms with Crippen LogP contribution in [0.3, 0.4) is 0 Å². The van der Waals surface area contributed by atoms with Crippen LogP contribution in [0.4, 0.5) is 0 Å². The van der Waals surface area contributed by atoms with E-state index < -0.39 is 108 Å². The zero-order valence-electron chi connectivity index (χ0n) is 31.0. The molecule has 1 aromatic carbocycles. The molecule has 2 rings (SSSR count). The van der Waals surface area contributed by atoms with Gasteiger partial charge in [-0.05, 0) is 36.7 Å². The van der Waals surface area contributed by atoms with E-state index in [4.69, 9.17) is 16.6 Å². The van der Waals surface area contributed by atoms with E-state index in [1.165, 1.54) is 4.90 Å². The van der Waals surface area contributed by atoms with Crippen LogP contribution in [-0.2, 0) is 49.6 Å². The van der Waals surface area contributed by atoms with Crippen molar-refractivity contribution < 1.29 is 48.3 Å². The maximum Gasteiger partial charge on any atom is 0.322 e. The first-order valence-corrected chi connectivity index (χ1v) is 17.7. The van der Waals surface area contributed by atoms with E-state index in [1.807, 2.05) is 0 Å². The Balaban J connectivity index is 2.31. The third kappa shape index (κ3) is 14.4. The molecule has 0 aliphatic carbocycles. The van der Waals surface area contributed by atoms with Crippen molar-refractivity contribution >= 4 is 53.2 Å². The zero-order chi connectivity index (χ0) is 40.5. The first-order chi connectivity index (χ1) is 25.4. The smallest absolute Gasteiger partial charge is 0.322 e. The highest BCUT2D eigenvalue weighted by molar-refractivity contribution is 5.97. The lowest BCUT2D eigenvalue weighted by Crippen LogP contribution is -2.61. The second-order valence-electron chi connectivity index (χ2n) is 13.6. The molecule has 8 amide bonds. The number of likely N-dealkylation sites (tertiary alicyclic amines) is 1. The summed E-state index contributed by atoms with van der Waals surface area (Å²) in [5.41, 5.74) is 11.3. The average molecular weight is 760 g/mol. The van der Waals surface area contributed by atoms with Gasteiger partial charge in [0.1, 0.15) is 36.8 Å². The van der Waals surface area contributed by atoms with Crippen molar-refractivity contribution in [1.29, 1.82) is 0 Å². The van der Waals surface area contributed by atoms with Gasteiger partial charge in [0.05, 0.1) is 13.1 Å². The van der Waals surface area contributed by atoms with Gasteiger partial charge >= 0.3 is 5.97 Å². The second kappa shape index (κ2) is 21.8. The Hall–Kier alpha value is -5.59. The number of hydrogen-bond donors (Lipinski definition) is 9. The normalized spacial score (nSPS) is 16.0. The van der Waals surface area contributed by atoms with Crippen molar-refractivity contribution in [3.8, 4) is 0 Å². The molecule has 298 valence electrons. The van der Waals surface area contributed by atoms with Crippen molar-refractivity contribution in [3.63, 3.8) is 0 Å². The fourth-order valence-corrected chi connectivity index (χ4v) is 5.71. The van der Waals surface area contributed by atoms with Crippen LogP contribution in [0.1, 0.15) is 58.9 Å². The van der Waals surface area contributed by atoms with Gasteiger partial charge in [-0.2, -0.15) is 0 Å². The number of nitrogens with one attached hydrogen (secondary N) is 6. The van der Waals surface area contributed by atoms with Crippen LogP contribution in [0, 0.1) is 11.8 Å². The van der Waals surface area contributed by atoms with Crippen LogP contribution in [-0.4, -0.2) is 120 Å². The van der Waals surface area contributed by atoms with Gasteiger partial charge in [-0.25, -0.2) is 0 Å². The second-order valence-corrected chi connectivity index (χ2v) is 13.6. The molecule has 54 heavy (non-hydrogen) atoms. The minimum absolute atomic E-state index is 0.00379. The number of carboxylic acid groups (broad SMARTS) is 1. The van der Waals surface area contributed by atoms with Gasteiger partial charge in [-0.3, -0.25) is 43.2 Å². The van der Waals surface area contributed by atoms with E-state index >= 15 is 0 Å². The van der Waals surface area contributed by atoms with E-state index in [0.29, 0.717) is 12.0 Å². The number of nitrogens with two attached hydrogens (primary N) is 2. The summed E-state index contributed by atoms with van der Waals surface area (Å²) in [6, 6.07) is 2.79. The predicted molar refractivity (Wildman–Crippen MR) is 193 cm³/mol. The van der Waals surface area contributed by atoms with Gasteiger partial charge in [0, 0.05) is 19.4 Å². The molecule has 5 atom stereocenters. The molecule has 0 radical (unpaired) electrons. The number of carboxylic acids is 1. The van der Waals surface area contributed by atoms with Crippen LogP contribution >= 0.6 is 0 Å². The first kappa shape index (κ1) is 44.6. The lowest BCUT2D eigenvalue weighted by atomic mass is 9.99. The number of carbonyl (C=O) groups excluding carboxylic acids is 8. The fourth-order valence-electron chi connectivity index (χ4n) is 5.71. The summed E-state index contributed by atoms with van der Waals surface area (Å²) in [7, 11) is 0. The quantitative estimate of drug-likeness (QED) is 0.0609. The van der Waals surface area contributed by atoms with Crippen molar-refractivity contribution in [2.75, 3.05) is 26.2 Å². The van der Waals surface area contributed by atoms with Crippen molar-refractivity contribution in [2.24, 2.45) is 23.3 Å². The standard InChI is InChI=1S/C35H53N9O10/c1-19(2)29(42-27(47)17-38-26(46)16-36)33(52)41-23(15-21-9-6-5-7-10-21)31(50)43-30(20(3)4)34(53)40-22(12-13-25(37)45)35(54)44-14-8-11-24(44)32(51)39-18-28(48)49/h5-7,9-10,19-20,22-24,29-30H,8,11-18,36H2,1-4H3,(H2,37,45)(H,38,46)(H,39,51)(H,40,53)(H,41,52)(H,42,47)(H,43,50)(H,48,49)/t22-,23-,24-,29-,30-/m0/s1. The summed E-state index contributed by atoms with van der Waals surface area (Å²) < 4.78 is 0. The summed E-state index contributed by atoms with van der Waals surface area (Å²) in [4.78, 5) is 116. The van der Waals surface area contributed by atoms with E-state index in [-0.39, 0.29) is 38.8 Å². The summed E-state index contributed by atoms with van der Waals surface area (Å²) in [6.45, 7) is 5.38. The van der Waals surface area contributed by atoms with Crippen molar-refractivity contribution in [2.45, 2.75) is 90.0 Å². The zero-order valence-corrected chi connectivity index (χ0v) is 31.0. The van der Waals surface area contributed by atoms with E-state index in [0.717, 1.165) is 0 Å². The summed E-state index contributed by atoms with van der Waals surface area (Å²) in [5.74, 6) is -7.85. The van der Waals surface area contributed by atoms with Crippen LogP contribution in [0.5, 0.6) is 0 Å². The molecule has 0 bridgehead atoms. The van der Waals surface area contributed by atoms with Crippen LogP contribution in [0.2, 0.25) is 0 Å². The molecule has 0 unspecified atom stereocenters. The Morgan fingerprint density at radius 1 is 0.778 bits per heavy atom.